The third-order valence-corrected chi connectivity index (χ3v) is 5.31. The summed E-state index contributed by atoms with van der Waals surface area (Å²) in [5.74, 6) is 0.525. The van der Waals surface area contributed by atoms with Crippen LogP contribution >= 0.6 is 0 Å². The molecule has 1 unspecified atom stereocenters. The lowest BCUT2D eigenvalue weighted by Crippen LogP contribution is -2.29. The maximum atomic E-state index is 14.8. The average Bonchev–Trinajstić information content (AvgIpc) is 3.30. The van der Waals surface area contributed by atoms with Crippen LogP contribution in [-0.4, -0.2) is 31.3 Å². The van der Waals surface area contributed by atoms with E-state index in [0.717, 1.165) is 11.1 Å². The number of amides is 1. The molecule has 34 heavy (non-hydrogen) atoms. The van der Waals surface area contributed by atoms with Gasteiger partial charge in [-0.05, 0) is 65.2 Å². The van der Waals surface area contributed by atoms with Crippen molar-refractivity contribution >= 4 is 6.09 Å². The Hall–Kier alpha value is -4.14. The van der Waals surface area contributed by atoms with E-state index >= 15 is 0 Å². The molecule has 174 valence electrons. The third-order valence-electron chi connectivity index (χ3n) is 5.31. The fraction of sp³-hybridized carbons (Fsp3) is 0.240. The Morgan fingerprint density at radius 3 is 2.65 bits per heavy atom. The number of aromatic nitrogens is 5. The van der Waals surface area contributed by atoms with Crippen molar-refractivity contribution in [1.29, 1.82) is 0 Å². The van der Waals surface area contributed by atoms with Crippen molar-refractivity contribution in [1.82, 2.24) is 30.5 Å². The van der Waals surface area contributed by atoms with E-state index in [0.29, 0.717) is 22.6 Å². The fourth-order valence-electron chi connectivity index (χ4n) is 3.54. The molecule has 0 spiro atoms. The van der Waals surface area contributed by atoms with Crippen molar-refractivity contribution in [2.45, 2.75) is 39.7 Å². The number of carbonyl (C=O) groups is 1. The zero-order valence-electron chi connectivity index (χ0n) is 19.4. The van der Waals surface area contributed by atoms with Gasteiger partial charge >= 0.3 is 6.09 Å². The molecule has 0 aliphatic carbocycles. The zero-order valence-corrected chi connectivity index (χ0v) is 19.4. The van der Waals surface area contributed by atoms with Crippen LogP contribution in [0.15, 0.2) is 60.9 Å². The van der Waals surface area contributed by atoms with Crippen LogP contribution < -0.4 is 10.1 Å². The number of carbonyl (C=O) groups excluding carboxylic acids is 1. The van der Waals surface area contributed by atoms with Crippen molar-refractivity contribution in [2.75, 3.05) is 0 Å². The minimum atomic E-state index is -0.648. The van der Waals surface area contributed by atoms with Crippen LogP contribution in [0.1, 0.15) is 49.7 Å². The number of pyridine rings is 1. The minimum Gasteiger partial charge on any atom is -0.410 e. The monoisotopic (exact) mass is 460 g/mol. The van der Waals surface area contributed by atoms with E-state index in [4.69, 9.17) is 4.74 Å². The Morgan fingerprint density at radius 1 is 1.12 bits per heavy atom. The van der Waals surface area contributed by atoms with Crippen LogP contribution in [0.5, 0.6) is 5.75 Å². The number of hydrogen-bond donors (Lipinski definition) is 1. The van der Waals surface area contributed by atoms with E-state index in [1.807, 2.05) is 39.8 Å². The van der Waals surface area contributed by atoms with Gasteiger partial charge in [-0.3, -0.25) is 4.98 Å². The van der Waals surface area contributed by atoms with Gasteiger partial charge in [-0.1, -0.05) is 32.0 Å². The molecule has 2 heterocycles. The summed E-state index contributed by atoms with van der Waals surface area (Å²) in [6.07, 6.45) is 2.69. The Kier molecular flexibility index (Phi) is 6.62. The molecule has 0 aliphatic heterocycles. The van der Waals surface area contributed by atoms with E-state index in [9.17, 15) is 9.18 Å². The maximum absolute atomic E-state index is 14.8. The molecule has 4 rings (SSSR count). The summed E-state index contributed by atoms with van der Waals surface area (Å²) in [7, 11) is 0. The normalized spacial score (nSPS) is 11.9. The van der Waals surface area contributed by atoms with Gasteiger partial charge in [0.05, 0.1) is 11.7 Å². The molecule has 1 amide bonds. The van der Waals surface area contributed by atoms with Crippen LogP contribution in [0.4, 0.5) is 9.18 Å². The summed E-state index contributed by atoms with van der Waals surface area (Å²) < 4.78 is 22.0. The van der Waals surface area contributed by atoms with Crippen molar-refractivity contribution in [2.24, 2.45) is 0 Å². The van der Waals surface area contributed by atoms with E-state index in [1.54, 1.807) is 47.4 Å². The lowest BCUT2D eigenvalue weighted by atomic mass is 10.0. The lowest BCUT2D eigenvalue weighted by molar-refractivity contribution is 0.197. The van der Waals surface area contributed by atoms with Crippen LogP contribution in [0.2, 0.25) is 0 Å². The topological polar surface area (TPSA) is 94.8 Å². The zero-order chi connectivity index (χ0) is 24.2. The fourth-order valence-corrected chi connectivity index (χ4v) is 3.54. The molecule has 0 radical (unpaired) electrons. The van der Waals surface area contributed by atoms with E-state index in [2.05, 4.69) is 25.8 Å². The molecule has 0 aliphatic rings. The quantitative estimate of drug-likeness (QED) is 0.428. The second-order valence-corrected chi connectivity index (χ2v) is 8.34. The Balaban J connectivity index is 1.70. The number of benzene rings is 2. The number of halogens is 1. The largest absolute Gasteiger partial charge is 0.413 e. The molecule has 0 saturated carbocycles. The molecular weight excluding hydrogens is 435 g/mol. The number of nitrogens with one attached hydrogen (secondary N) is 1. The van der Waals surface area contributed by atoms with Gasteiger partial charge in [-0.2, -0.15) is 4.68 Å². The predicted octanol–water partition coefficient (Wildman–Crippen LogP) is 5.14. The van der Waals surface area contributed by atoms with E-state index in [-0.39, 0.29) is 23.5 Å². The molecule has 8 nitrogen and oxygen atoms in total. The van der Waals surface area contributed by atoms with Gasteiger partial charge in [0, 0.05) is 29.9 Å². The molecule has 2 aromatic heterocycles. The van der Waals surface area contributed by atoms with Gasteiger partial charge in [0.15, 0.2) is 5.82 Å². The second-order valence-electron chi connectivity index (χ2n) is 8.34. The molecule has 1 N–H and O–H groups in total. The third kappa shape index (κ3) is 5.09. The lowest BCUT2D eigenvalue weighted by Gasteiger charge is -2.16. The molecule has 1 atom stereocenters. The van der Waals surface area contributed by atoms with Crippen molar-refractivity contribution in [3.63, 3.8) is 0 Å². The van der Waals surface area contributed by atoms with Gasteiger partial charge in [0.2, 0.25) is 0 Å². The molecule has 0 bridgehead atoms. The minimum absolute atomic E-state index is 0.0442. The van der Waals surface area contributed by atoms with Gasteiger partial charge < -0.3 is 10.1 Å². The van der Waals surface area contributed by atoms with Crippen LogP contribution in [0.3, 0.4) is 0 Å². The number of hydrogen-bond acceptors (Lipinski definition) is 6. The highest BCUT2D eigenvalue weighted by Gasteiger charge is 2.18. The molecule has 0 saturated heterocycles. The Labute approximate surface area is 196 Å². The molecule has 2 aromatic carbocycles. The summed E-state index contributed by atoms with van der Waals surface area (Å²) in [5, 5.41) is 14.7. The van der Waals surface area contributed by atoms with Gasteiger partial charge in [-0.15, -0.1) is 5.10 Å². The van der Waals surface area contributed by atoms with Gasteiger partial charge in [0.25, 0.3) is 0 Å². The van der Waals surface area contributed by atoms with Gasteiger partial charge in [-0.25, -0.2) is 9.18 Å². The highest BCUT2D eigenvalue weighted by Crippen LogP contribution is 2.31. The highest BCUT2D eigenvalue weighted by molar-refractivity contribution is 5.74. The summed E-state index contributed by atoms with van der Waals surface area (Å²) in [6.45, 7) is 7.59. The summed E-state index contributed by atoms with van der Waals surface area (Å²) >= 11 is 0. The summed E-state index contributed by atoms with van der Waals surface area (Å²) in [5.41, 5.74) is 3.10. The van der Waals surface area contributed by atoms with Crippen molar-refractivity contribution < 1.29 is 13.9 Å². The second kappa shape index (κ2) is 9.78. The number of tetrazole rings is 1. The first-order valence-electron chi connectivity index (χ1n) is 10.9. The summed E-state index contributed by atoms with van der Waals surface area (Å²) in [4.78, 5) is 16.7. The van der Waals surface area contributed by atoms with Gasteiger partial charge in [0.1, 0.15) is 11.6 Å². The smallest absolute Gasteiger partial charge is 0.410 e. The van der Waals surface area contributed by atoms with E-state index < -0.39 is 6.09 Å². The predicted molar refractivity (Wildman–Crippen MR) is 125 cm³/mol. The summed E-state index contributed by atoms with van der Waals surface area (Å²) in [6, 6.07) is 13.3. The number of rotatable bonds is 6. The van der Waals surface area contributed by atoms with Crippen LogP contribution in [-0.2, 0) is 0 Å². The molecule has 9 heteroatoms. The average molecular weight is 461 g/mol. The first-order chi connectivity index (χ1) is 16.3. The first kappa shape index (κ1) is 23.0. The first-order valence-corrected chi connectivity index (χ1v) is 10.9. The van der Waals surface area contributed by atoms with Crippen molar-refractivity contribution in [3.8, 4) is 22.6 Å². The molecule has 4 aromatic rings. The number of nitrogens with zero attached hydrogens (tertiary/aromatic N) is 5. The SMILES string of the molecule is Cc1ccc(-c2cc(OC(=O)NC(C)c3cccnc3)cc(-n3nnnc3C(C)C)c2)c(F)c1. The van der Waals surface area contributed by atoms with Crippen LogP contribution in [0, 0.1) is 12.7 Å². The number of aryl methyl sites for hydroxylation is 1. The molecular formula is C25H25FN6O2. The Morgan fingerprint density at radius 2 is 1.94 bits per heavy atom. The van der Waals surface area contributed by atoms with Crippen molar-refractivity contribution in [3.05, 3.63) is 83.7 Å². The number of ether oxygens (including phenoxy) is 1. The highest BCUT2D eigenvalue weighted by atomic mass is 19.1. The standard InChI is InChI=1S/C25H25FN6O2/c1-15(2)24-29-30-31-32(24)20-11-19(22-8-7-16(3)10-23(22)26)12-21(13-20)34-25(33)28-17(4)18-6-5-9-27-14-18/h5-15,17H,1-4H3,(H,28,33). The van der Waals surface area contributed by atoms with Crippen LogP contribution in [0.25, 0.3) is 16.8 Å². The Bertz CT molecular complexity index is 1310. The van der Waals surface area contributed by atoms with E-state index in [1.165, 1.54) is 6.07 Å². The maximum Gasteiger partial charge on any atom is 0.413 e. The molecule has 0 fully saturated rings.